The van der Waals surface area contributed by atoms with Crippen LogP contribution >= 0.6 is 0 Å². The number of amides is 2. The summed E-state index contributed by atoms with van der Waals surface area (Å²) in [6.45, 7) is 4.00. The maximum atomic E-state index is 11.9. The van der Waals surface area contributed by atoms with Crippen LogP contribution in [0.3, 0.4) is 0 Å². The third kappa shape index (κ3) is 2.48. The van der Waals surface area contributed by atoms with Crippen LogP contribution in [0.25, 0.3) is 0 Å². The Morgan fingerprint density at radius 3 is 2.38 bits per heavy atom. The van der Waals surface area contributed by atoms with Gasteiger partial charge in [0.05, 0.1) is 0 Å². The smallest absolute Gasteiger partial charge is 0.317 e. The van der Waals surface area contributed by atoms with Gasteiger partial charge in [-0.1, -0.05) is 0 Å². The SMILES string of the molecule is CC(C)NC(=O)N(C)C1CC2CCC(C1)N2. The van der Waals surface area contributed by atoms with E-state index in [0.29, 0.717) is 18.1 Å². The Morgan fingerprint density at radius 2 is 1.88 bits per heavy atom. The standard InChI is InChI=1S/C12H23N3O/c1-8(2)13-12(16)15(3)11-6-9-4-5-10(7-11)14-9/h8-11,14H,4-7H2,1-3H3,(H,13,16). The summed E-state index contributed by atoms with van der Waals surface area (Å²) >= 11 is 0. The first-order valence-electron chi connectivity index (χ1n) is 6.35. The summed E-state index contributed by atoms with van der Waals surface area (Å²) in [6, 6.07) is 1.98. The molecule has 0 aliphatic carbocycles. The van der Waals surface area contributed by atoms with Crippen LogP contribution in [-0.4, -0.2) is 42.1 Å². The van der Waals surface area contributed by atoms with Gasteiger partial charge in [-0.25, -0.2) is 4.79 Å². The van der Waals surface area contributed by atoms with Crippen LogP contribution in [-0.2, 0) is 0 Å². The van der Waals surface area contributed by atoms with Crippen molar-refractivity contribution in [2.45, 2.75) is 63.7 Å². The van der Waals surface area contributed by atoms with E-state index in [1.54, 1.807) is 0 Å². The largest absolute Gasteiger partial charge is 0.336 e. The molecule has 0 aromatic rings. The van der Waals surface area contributed by atoms with E-state index in [-0.39, 0.29) is 12.1 Å². The maximum absolute atomic E-state index is 11.9. The number of piperidine rings is 1. The monoisotopic (exact) mass is 225 g/mol. The van der Waals surface area contributed by atoms with E-state index in [4.69, 9.17) is 0 Å². The number of fused-ring (bicyclic) bond motifs is 2. The zero-order valence-corrected chi connectivity index (χ0v) is 10.5. The lowest BCUT2D eigenvalue weighted by atomic mass is 9.99. The molecule has 2 heterocycles. The quantitative estimate of drug-likeness (QED) is 0.744. The number of nitrogens with one attached hydrogen (secondary N) is 2. The number of carbonyl (C=O) groups excluding carboxylic acids is 1. The van der Waals surface area contributed by atoms with Gasteiger partial charge in [-0.3, -0.25) is 0 Å². The highest BCUT2D eigenvalue weighted by atomic mass is 16.2. The summed E-state index contributed by atoms with van der Waals surface area (Å²) in [5, 5.41) is 6.55. The molecule has 2 N–H and O–H groups in total. The lowest BCUT2D eigenvalue weighted by Crippen LogP contribution is -2.52. The second-order valence-electron chi connectivity index (χ2n) is 5.48. The van der Waals surface area contributed by atoms with Crippen LogP contribution in [0.2, 0.25) is 0 Å². The zero-order chi connectivity index (χ0) is 11.7. The fourth-order valence-corrected chi connectivity index (χ4v) is 2.86. The van der Waals surface area contributed by atoms with E-state index in [1.165, 1.54) is 12.8 Å². The first kappa shape index (κ1) is 11.7. The molecule has 2 atom stereocenters. The molecule has 2 amide bonds. The second-order valence-corrected chi connectivity index (χ2v) is 5.48. The van der Waals surface area contributed by atoms with E-state index in [9.17, 15) is 4.79 Å². The van der Waals surface area contributed by atoms with E-state index in [1.807, 2.05) is 25.8 Å². The molecule has 0 aromatic heterocycles. The average Bonchev–Trinajstić information content (AvgIpc) is 2.55. The number of hydrogen-bond acceptors (Lipinski definition) is 2. The molecular formula is C12H23N3O. The minimum atomic E-state index is 0.0706. The molecular weight excluding hydrogens is 202 g/mol. The molecule has 2 fully saturated rings. The predicted octanol–water partition coefficient (Wildman–Crippen LogP) is 1.32. The van der Waals surface area contributed by atoms with Crippen molar-refractivity contribution in [1.82, 2.24) is 15.5 Å². The highest BCUT2D eigenvalue weighted by Crippen LogP contribution is 2.29. The minimum absolute atomic E-state index is 0.0706. The molecule has 2 unspecified atom stereocenters. The summed E-state index contributed by atoms with van der Waals surface area (Å²) in [7, 11) is 1.92. The van der Waals surface area contributed by atoms with Crippen molar-refractivity contribution < 1.29 is 4.79 Å². The molecule has 4 heteroatoms. The molecule has 2 rings (SSSR count). The van der Waals surface area contributed by atoms with Crippen LogP contribution < -0.4 is 10.6 Å². The maximum Gasteiger partial charge on any atom is 0.317 e. The van der Waals surface area contributed by atoms with Gasteiger partial charge in [0.15, 0.2) is 0 Å². The fraction of sp³-hybridized carbons (Fsp3) is 0.917. The fourth-order valence-electron chi connectivity index (χ4n) is 2.86. The molecule has 2 aliphatic heterocycles. The third-order valence-corrected chi connectivity index (χ3v) is 3.73. The van der Waals surface area contributed by atoms with Gasteiger partial charge in [0.25, 0.3) is 0 Å². The van der Waals surface area contributed by atoms with E-state index >= 15 is 0 Å². The summed E-state index contributed by atoms with van der Waals surface area (Å²) in [5.41, 5.74) is 0. The van der Waals surface area contributed by atoms with Gasteiger partial charge in [0.2, 0.25) is 0 Å². The summed E-state index contributed by atoms with van der Waals surface area (Å²) < 4.78 is 0. The Bertz CT molecular complexity index is 255. The predicted molar refractivity (Wildman–Crippen MR) is 64.4 cm³/mol. The number of hydrogen-bond donors (Lipinski definition) is 2. The average molecular weight is 225 g/mol. The van der Waals surface area contributed by atoms with Gasteiger partial charge in [-0.05, 0) is 39.5 Å². The van der Waals surface area contributed by atoms with Crippen LogP contribution in [0.15, 0.2) is 0 Å². The highest BCUT2D eigenvalue weighted by molar-refractivity contribution is 5.74. The number of carbonyl (C=O) groups is 1. The first-order chi connectivity index (χ1) is 7.56. The molecule has 2 aliphatic rings. The summed E-state index contributed by atoms with van der Waals surface area (Å²) in [6.07, 6.45) is 4.78. The van der Waals surface area contributed by atoms with Crippen LogP contribution in [0.1, 0.15) is 39.5 Å². The highest BCUT2D eigenvalue weighted by Gasteiger charge is 2.36. The Labute approximate surface area is 97.8 Å². The van der Waals surface area contributed by atoms with E-state index < -0.39 is 0 Å². The summed E-state index contributed by atoms with van der Waals surface area (Å²) in [5.74, 6) is 0. The van der Waals surface area contributed by atoms with Gasteiger partial charge < -0.3 is 15.5 Å². The number of urea groups is 1. The second kappa shape index (κ2) is 4.62. The van der Waals surface area contributed by atoms with Crippen molar-refractivity contribution in [1.29, 1.82) is 0 Å². The zero-order valence-electron chi connectivity index (χ0n) is 10.5. The third-order valence-electron chi connectivity index (χ3n) is 3.73. The van der Waals surface area contributed by atoms with Crippen LogP contribution in [0, 0.1) is 0 Å². The molecule has 2 saturated heterocycles. The molecule has 92 valence electrons. The normalized spacial score (nSPS) is 32.9. The Balaban J connectivity index is 1.89. The Kier molecular flexibility index (Phi) is 3.38. The Hall–Kier alpha value is -0.770. The molecule has 4 nitrogen and oxygen atoms in total. The van der Waals surface area contributed by atoms with Crippen molar-refractivity contribution in [3.63, 3.8) is 0 Å². The van der Waals surface area contributed by atoms with Gasteiger partial charge in [-0.15, -0.1) is 0 Å². The molecule has 2 bridgehead atoms. The van der Waals surface area contributed by atoms with E-state index in [0.717, 1.165) is 12.8 Å². The molecule has 0 spiro atoms. The van der Waals surface area contributed by atoms with Gasteiger partial charge in [0, 0.05) is 31.2 Å². The van der Waals surface area contributed by atoms with E-state index in [2.05, 4.69) is 10.6 Å². The lowest BCUT2D eigenvalue weighted by molar-refractivity contribution is 0.163. The molecule has 16 heavy (non-hydrogen) atoms. The van der Waals surface area contributed by atoms with Crippen molar-refractivity contribution in [3.8, 4) is 0 Å². The van der Waals surface area contributed by atoms with Crippen molar-refractivity contribution in [3.05, 3.63) is 0 Å². The lowest BCUT2D eigenvalue weighted by Gasteiger charge is -2.35. The summed E-state index contributed by atoms with van der Waals surface area (Å²) in [4.78, 5) is 13.8. The Morgan fingerprint density at radius 1 is 1.31 bits per heavy atom. The molecule has 0 saturated carbocycles. The van der Waals surface area contributed by atoms with Crippen molar-refractivity contribution >= 4 is 6.03 Å². The van der Waals surface area contributed by atoms with Gasteiger partial charge >= 0.3 is 6.03 Å². The number of nitrogens with zero attached hydrogens (tertiary/aromatic N) is 1. The van der Waals surface area contributed by atoms with Crippen molar-refractivity contribution in [2.75, 3.05) is 7.05 Å². The first-order valence-corrected chi connectivity index (χ1v) is 6.35. The van der Waals surface area contributed by atoms with Crippen LogP contribution in [0.4, 0.5) is 4.79 Å². The molecule has 0 radical (unpaired) electrons. The molecule has 0 aromatic carbocycles. The number of rotatable bonds is 2. The van der Waals surface area contributed by atoms with Gasteiger partial charge in [-0.2, -0.15) is 0 Å². The van der Waals surface area contributed by atoms with Crippen molar-refractivity contribution in [2.24, 2.45) is 0 Å². The topological polar surface area (TPSA) is 44.4 Å². The van der Waals surface area contributed by atoms with Gasteiger partial charge in [0.1, 0.15) is 0 Å². The minimum Gasteiger partial charge on any atom is -0.336 e. The van der Waals surface area contributed by atoms with Crippen LogP contribution in [0.5, 0.6) is 0 Å².